The highest BCUT2D eigenvalue weighted by molar-refractivity contribution is 7.89. The Kier molecular flexibility index (Phi) is 4.62. The summed E-state index contributed by atoms with van der Waals surface area (Å²) in [5.74, 6) is -0.690. The highest BCUT2D eigenvalue weighted by Gasteiger charge is 2.47. The SMILES string of the molecule is COC(=O)[C@H]1COC(OC)N1S(=O)(=O)c1ccc(C)cc1. The number of aryl methyl sites for hydroxylation is 1. The van der Waals surface area contributed by atoms with Gasteiger partial charge in [0.2, 0.25) is 16.4 Å². The van der Waals surface area contributed by atoms with E-state index in [9.17, 15) is 13.2 Å². The number of rotatable bonds is 4. The Hall–Kier alpha value is -1.48. The molecule has 1 fully saturated rings. The molecule has 2 rings (SSSR count). The first-order chi connectivity index (χ1) is 9.91. The van der Waals surface area contributed by atoms with Crippen LogP contribution < -0.4 is 0 Å². The Balaban J connectivity index is 2.43. The molecule has 0 aromatic heterocycles. The van der Waals surface area contributed by atoms with Crippen molar-refractivity contribution in [3.8, 4) is 0 Å². The molecule has 0 aliphatic carbocycles. The van der Waals surface area contributed by atoms with E-state index in [0.29, 0.717) is 0 Å². The van der Waals surface area contributed by atoms with Crippen LogP contribution in [0, 0.1) is 6.92 Å². The molecule has 1 aromatic rings. The fourth-order valence-corrected chi connectivity index (χ4v) is 3.64. The van der Waals surface area contributed by atoms with Crippen LogP contribution in [0.3, 0.4) is 0 Å². The Morgan fingerprint density at radius 2 is 1.90 bits per heavy atom. The maximum Gasteiger partial charge on any atom is 0.326 e. The minimum Gasteiger partial charge on any atom is -0.468 e. The molecule has 0 radical (unpaired) electrons. The molecule has 0 spiro atoms. The highest BCUT2D eigenvalue weighted by Crippen LogP contribution is 2.27. The topological polar surface area (TPSA) is 82.1 Å². The molecule has 1 aliphatic rings. The number of sulfonamides is 1. The van der Waals surface area contributed by atoms with Crippen molar-refractivity contribution in [1.29, 1.82) is 0 Å². The van der Waals surface area contributed by atoms with Gasteiger partial charge in [0.1, 0.15) is 0 Å². The number of esters is 1. The van der Waals surface area contributed by atoms with E-state index in [-0.39, 0.29) is 11.5 Å². The van der Waals surface area contributed by atoms with E-state index in [1.54, 1.807) is 12.1 Å². The lowest BCUT2D eigenvalue weighted by atomic mass is 10.2. The van der Waals surface area contributed by atoms with Crippen LogP contribution in [-0.4, -0.2) is 52.0 Å². The lowest BCUT2D eigenvalue weighted by Gasteiger charge is -2.24. The summed E-state index contributed by atoms with van der Waals surface area (Å²) in [5.41, 5.74) is 0.930. The lowest BCUT2D eigenvalue weighted by Crippen LogP contribution is -2.46. The number of hydrogen-bond donors (Lipinski definition) is 0. The molecule has 116 valence electrons. The standard InChI is InChI=1S/C13H17NO6S/c1-9-4-6-10(7-5-9)21(16,17)14-11(12(15)18-2)8-20-13(14)19-3/h4-7,11,13H,8H2,1-3H3/t11-,13?/m1/s1. The lowest BCUT2D eigenvalue weighted by molar-refractivity contribution is -0.148. The normalized spacial score (nSPS) is 23.2. The average Bonchev–Trinajstić information content (AvgIpc) is 2.91. The van der Waals surface area contributed by atoms with Crippen molar-refractivity contribution in [2.45, 2.75) is 24.3 Å². The van der Waals surface area contributed by atoms with E-state index in [0.717, 1.165) is 9.87 Å². The molecule has 0 saturated carbocycles. The zero-order valence-corrected chi connectivity index (χ0v) is 12.8. The second-order valence-corrected chi connectivity index (χ2v) is 6.41. The van der Waals surface area contributed by atoms with Crippen LogP contribution in [0.5, 0.6) is 0 Å². The molecule has 1 heterocycles. The maximum absolute atomic E-state index is 12.7. The van der Waals surface area contributed by atoms with E-state index in [2.05, 4.69) is 4.74 Å². The van der Waals surface area contributed by atoms with Crippen LogP contribution in [-0.2, 0) is 29.0 Å². The van der Waals surface area contributed by atoms with Crippen molar-refractivity contribution in [2.75, 3.05) is 20.8 Å². The quantitative estimate of drug-likeness (QED) is 0.752. The molecule has 0 amide bonds. The number of methoxy groups -OCH3 is 2. The fourth-order valence-electron chi connectivity index (χ4n) is 2.06. The molecule has 0 N–H and O–H groups in total. The van der Waals surface area contributed by atoms with Gasteiger partial charge in [0.25, 0.3) is 0 Å². The monoisotopic (exact) mass is 315 g/mol. The third-order valence-electron chi connectivity index (χ3n) is 3.18. The summed E-state index contributed by atoms with van der Waals surface area (Å²) in [6, 6.07) is 5.25. The predicted octanol–water partition coefficient (Wildman–Crippen LogP) is 0.488. The number of hydrogen-bond acceptors (Lipinski definition) is 6. The Bertz CT molecular complexity index is 612. The molecule has 2 atom stereocenters. The Morgan fingerprint density at radius 1 is 1.29 bits per heavy atom. The van der Waals surface area contributed by atoms with Gasteiger partial charge >= 0.3 is 5.97 Å². The van der Waals surface area contributed by atoms with Gasteiger partial charge < -0.3 is 14.2 Å². The summed E-state index contributed by atoms with van der Waals surface area (Å²) in [7, 11) is -1.44. The minimum atomic E-state index is -3.94. The molecule has 8 heteroatoms. The number of nitrogens with zero attached hydrogens (tertiary/aromatic N) is 1. The van der Waals surface area contributed by atoms with Crippen molar-refractivity contribution < 1.29 is 27.4 Å². The number of benzene rings is 1. The van der Waals surface area contributed by atoms with Crippen molar-refractivity contribution in [3.05, 3.63) is 29.8 Å². The predicted molar refractivity (Wildman–Crippen MR) is 72.8 cm³/mol. The summed E-state index contributed by atoms with van der Waals surface area (Å²) >= 11 is 0. The van der Waals surface area contributed by atoms with Crippen LogP contribution in [0.15, 0.2) is 29.2 Å². The third kappa shape index (κ3) is 2.93. The molecule has 0 bridgehead atoms. The Labute approximate surface area is 123 Å². The molecule has 21 heavy (non-hydrogen) atoms. The second-order valence-electron chi connectivity index (χ2n) is 4.56. The summed E-state index contributed by atoms with van der Waals surface area (Å²) in [4.78, 5) is 11.8. The van der Waals surface area contributed by atoms with E-state index in [1.165, 1.54) is 26.4 Å². The highest BCUT2D eigenvalue weighted by atomic mass is 32.2. The van der Waals surface area contributed by atoms with Gasteiger partial charge in [-0.05, 0) is 19.1 Å². The third-order valence-corrected chi connectivity index (χ3v) is 5.03. The van der Waals surface area contributed by atoms with E-state index < -0.39 is 28.4 Å². The van der Waals surface area contributed by atoms with Crippen molar-refractivity contribution in [1.82, 2.24) is 4.31 Å². The van der Waals surface area contributed by atoms with E-state index in [4.69, 9.17) is 9.47 Å². The molecule has 7 nitrogen and oxygen atoms in total. The van der Waals surface area contributed by atoms with Crippen molar-refractivity contribution in [3.63, 3.8) is 0 Å². The number of carbonyl (C=O) groups excluding carboxylic acids is 1. The van der Waals surface area contributed by atoms with Gasteiger partial charge in [-0.15, -0.1) is 4.31 Å². The first-order valence-electron chi connectivity index (χ1n) is 6.24. The van der Waals surface area contributed by atoms with Gasteiger partial charge in [-0.3, -0.25) is 4.79 Å². The van der Waals surface area contributed by atoms with Crippen LogP contribution in [0.1, 0.15) is 5.56 Å². The van der Waals surface area contributed by atoms with Crippen LogP contribution >= 0.6 is 0 Å². The second kappa shape index (κ2) is 6.10. The van der Waals surface area contributed by atoms with Crippen LogP contribution in [0.4, 0.5) is 0 Å². The summed E-state index contributed by atoms with van der Waals surface area (Å²) in [6.07, 6.45) is -1.15. The van der Waals surface area contributed by atoms with Crippen LogP contribution in [0.2, 0.25) is 0 Å². The zero-order chi connectivity index (χ0) is 15.6. The van der Waals surface area contributed by atoms with Gasteiger partial charge in [0.05, 0.1) is 18.6 Å². The first kappa shape index (κ1) is 15.9. The summed E-state index contributed by atoms with van der Waals surface area (Å²) in [5, 5.41) is 0. The molecule has 1 aromatic carbocycles. The molecular weight excluding hydrogens is 298 g/mol. The maximum atomic E-state index is 12.7. The fraction of sp³-hybridized carbons (Fsp3) is 0.462. The Morgan fingerprint density at radius 3 is 2.43 bits per heavy atom. The number of carbonyl (C=O) groups is 1. The van der Waals surface area contributed by atoms with Crippen molar-refractivity contribution in [2.24, 2.45) is 0 Å². The molecule has 1 saturated heterocycles. The smallest absolute Gasteiger partial charge is 0.326 e. The molecule has 1 unspecified atom stereocenters. The van der Waals surface area contributed by atoms with Gasteiger partial charge in [-0.1, -0.05) is 17.7 Å². The van der Waals surface area contributed by atoms with Gasteiger partial charge in [0.15, 0.2) is 6.04 Å². The zero-order valence-electron chi connectivity index (χ0n) is 12.0. The van der Waals surface area contributed by atoms with Gasteiger partial charge in [-0.25, -0.2) is 8.42 Å². The summed E-state index contributed by atoms with van der Waals surface area (Å²) < 4.78 is 41.1. The van der Waals surface area contributed by atoms with E-state index in [1.807, 2.05) is 6.92 Å². The molecular formula is C13H17NO6S. The van der Waals surface area contributed by atoms with Crippen LogP contribution in [0.25, 0.3) is 0 Å². The molecule has 1 aliphatic heterocycles. The number of ether oxygens (including phenoxy) is 3. The van der Waals surface area contributed by atoms with Gasteiger partial charge in [-0.2, -0.15) is 0 Å². The average molecular weight is 315 g/mol. The van der Waals surface area contributed by atoms with Crippen molar-refractivity contribution >= 4 is 16.0 Å². The first-order valence-corrected chi connectivity index (χ1v) is 7.68. The van der Waals surface area contributed by atoms with Gasteiger partial charge in [0, 0.05) is 7.11 Å². The summed E-state index contributed by atoms with van der Waals surface area (Å²) in [6.45, 7) is 1.74. The minimum absolute atomic E-state index is 0.0644. The van der Waals surface area contributed by atoms with E-state index >= 15 is 0 Å². The largest absolute Gasteiger partial charge is 0.468 e.